The molecule has 1 saturated heterocycles. The van der Waals surface area contributed by atoms with Gasteiger partial charge in [-0.15, -0.1) is 10.2 Å². The van der Waals surface area contributed by atoms with Crippen molar-refractivity contribution in [1.29, 1.82) is 0 Å². The predicted octanol–water partition coefficient (Wildman–Crippen LogP) is 3.88. The summed E-state index contributed by atoms with van der Waals surface area (Å²) in [6.45, 7) is 2.15. The Bertz CT molecular complexity index is 1080. The molecular formula is C23H25F2N5O3S. The lowest BCUT2D eigenvalue weighted by Gasteiger charge is -2.28. The molecule has 1 aliphatic heterocycles. The van der Waals surface area contributed by atoms with Gasteiger partial charge in [0, 0.05) is 18.8 Å². The van der Waals surface area contributed by atoms with Gasteiger partial charge in [-0.05, 0) is 36.8 Å². The molecule has 0 radical (unpaired) electrons. The summed E-state index contributed by atoms with van der Waals surface area (Å²) in [5.74, 6) is 0.534. The Hall–Kier alpha value is -3.18. The second kappa shape index (κ2) is 11.3. The third kappa shape index (κ3) is 6.23. The third-order valence-electron chi connectivity index (χ3n) is 5.17. The molecule has 11 heteroatoms. The van der Waals surface area contributed by atoms with Crippen LogP contribution in [0, 0.1) is 0 Å². The van der Waals surface area contributed by atoms with Crippen molar-refractivity contribution in [2.75, 3.05) is 36.5 Å². The lowest BCUT2D eigenvalue weighted by molar-refractivity contribution is -0.115. The van der Waals surface area contributed by atoms with E-state index in [1.54, 1.807) is 6.92 Å². The van der Waals surface area contributed by atoms with Crippen LogP contribution >= 0.6 is 11.8 Å². The van der Waals surface area contributed by atoms with Crippen LogP contribution in [-0.2, 0) is 16.1 Å². The van der Waals surface area contributed by atoms with E-state index in [0.717, 1.165) is 24.6 Å². The first-order valence-corrected chi connectivity index (χ1v) is 11.7. The maximum absolute atomic E-state index is 12.8. The van der Waals surface area contributed by atoms with E-state index in [1.807, 2.05) is 34.9 Å². The van der Waals surface area contributed by atoms with Crippen molar-refractivity contribution in [1.82, 2.24) is 14.8 Å². The number of morpholine rings is 1. The number of thioether (sulfide) groups is 1. The average Bonchev–Trinajstić information content (AvgIpc) is 3.23. The fraction of sp³-hybridized carbons (Fsp3) is 0.348. The number of halogens is 2. The number of alkyl halides is 2. The molecule has 3 aromatic rings. The topological polar surface area (TPSA) is 81.5 Å². The first kappa shape index (κ1) is 24.0. The molecule has 1 aliphatic rings. The highest BCUT2D eigenvalue weighted by Crippen LogP contribution is 2.28. The first-order chi connectivity index (χ1) is 16.5. The van der Waals surface area contributed by atoms with Gasteiger partial charge in [0.05, 0.1) is 25.0 Å². The number of benzene rings is 2. The molecule has 1 fully saturated rings. The normalized spacial score (nSPS) is 14.8. The molecule has 1 unspecified atom stereocenters. The van der Waals surface area contributed by atoms with Crippen molar-refractivity contribution in [2.45, 2.75) is 30.5 Å². The molecule has 2 aromatic carbocycles. The van der Waals surface area contributed by atoms with E-state index >= 15 is 0 Å². The number of ether oxygens (including phenoxy) is 2. The van der Waals surface area contributed by atoms with Gasteiger partial charge in [-0.2, -0.15) is 8.78 Å². The monoisotopic (exact) mass is 489 g/mol. The highest BCUT2D eigenvalue weighted by atomic mass is 32.2. The maximum Gasteiger partial charge on any atom is 0.387 e. The van der Waals surface area contributed by atoms with Gasteiger partial charge in [-0.1, -0.05) is 42.1 Å². The lowest BCUT2D eigenvalue weighted by atomic mass is 10.2. The molecule has 8 nitrogen and oxygen atoms in total. The zero-order valence-electron chi connectivity index (χ0n) is 18.6. The molecular weight excluding hydrogens is 464 g/mol. The van der Waals surface area contributed by atoms with Gasteiger partial charge in [0.1, 0.15) is 5.75 Å². The smallest absolute Gasteiger partial charge is 0.387 e. The number of aromatic nitrogens is 3. The molecule has 1 aromatic heterocycles. The Balaban J connectivity index is 1.47. The molecule has 180 valence electrons. The average molecular weight is 490 g/mol. The van der Waals surface area contributed by atoms with Gasteiger partial charge in [0.2, 0.25) is 11.9 Å². The summed E-state index contributed by atoms with van der Waals surface area (Å²) < 4.78 is 36.5. The van der Waals surface area contributed by atoms with Crippen molar-refractivity contribution in [2.24, 2.45) is 0 Å². The molecule has 2 heterocycles. The van der Waals surface area contributed by atoms with E-state index in [9.17, 15) is 13.6 Å². The van der Waals surface area contributed by atoms with Crippen LogP contribution in [0.15, 0.2) is 59.8 Å². The third-order valence-corrected chi connectivity index (χ3v) is 6.25. The summed E-state index contributed by atoms with van der Waals surface area (Å²) in [6, 6.07) is 15.8. The largest absolute Gasteiger partial charge is 0.435 e. The van der Waals surface area contributed by atoms with Gasteiger partial charge in [0.15, 0.2) is 5.16 Å². The van der Waals surface area contributed by atoms with Crippen molar-refractivity contribution < 1.29 is 23.0 Å². The van der Waals surface area contributed by atoms with Crippen LogP contribution in [0.5, 0.6) is 5.75 Å². The van der Waals surface area contributed by atoms with Crippen molar-refractivity contribution in [3.63, 3.8) is 0 Å². The zero-order valence-corrected chi connectivity index (χ0v) is 19.4. The highest BCUT2D eigenvalue weighted by Gasteiger charge is 2.24. The molecule has 0 spiro atoms. The summed E-state index contributed by atoms with van der Waals surface area (Å²) in [7, 11) is 0. The summed E-state index contributed by atoms with van der Waals surface area (Å²) in [5, 5.41) is 11.8. The predicted molar refractivity (Wildman–Crippen MR) is 126 cm³/mol. The summed E-state index contributed by atoms with van der Waals surface area (Å²) in [5.41, 5.74) is 1.58. The minimum Gasteiger partial charge on any atom is -0.435 e. The van der Waals surface area contributed by atoms with Gasteiger partial charge >= 0.3 is 6.61 Å². The van der Waals surface area contributed by atoms with Crippen LogP contribution in [0.3, 0.4) is 0 Å². The number of carbonyl (C=O) groups is 1. The van der Waals surface area contributed by atoms with Crippen LogP contribution in [0.2, 0.25) is 0 Å². The number of carbonyl (C=O) groups excluding carboxylic acids is 1. The van der Waals surface area contributed by atoms with Crippen LogP contribution in [-0.4, -0.2) is 58.8 Å². The Morgan fingerprint density at radius 3 is 2.50 bits per heavy atom. The quantitative estimate of drug-likeness (QED) is 0.457. The van der Waals surface area contributed by atoms with Crippen molar-refractivity contribution in [3.8, 4) is 5.75 Å². The fourth-order valence-corrected chi connectivity index (χ4v) is 4.29. The molecule has 0 saturated carbocycles. The molecule has 4 rings (SSSR count). The number of amides is 1. The number of hydrogen-bond acceptors (Lipinski definition) is 7. The van der Waals surface area contributed by atoms with E-state index in [2.05, 4.69) is 25.2 Å². The summed E-state index contributed by atoms with van der Waals surface area (Å²) in [4.78, 5) is 14.9. The molecule has 34 heavy (non-hydrogen) atoms. The molecule has 1 N–H and O–H groups in total. The minimum atomic E-state index is -2.90. The molecule has 0 aliphatic carbocycles. The Morgan fingerprint density at radius 2 is 1.82 bits per heavy atom. The van der Waals surface area contributed by atoms with Gasteiger partial charge in [-0.3, -0.25) is 9.36 Å². The van der Waals surface area contributed by atoms with E-state index in [0.29, 0.717) is 30.6 Å². The summed E-state index contributed by atoms with van der Waals surface area (Å²) in [6.07, 6.45) is 0. The van der Waals surface area contributed by atoms with Crippen LogP contribution in [0.4, 0.5) is 20.4 Å². The second-order valence-corrected chi connectivity index (χ2v) is 8.91. The molecule has 1 atom stereocenters. The van der Waals surface area contributed by atoms with Crippen molar-refractivity contribution in [3.05, 3.63) is 60.2 Å². The number of anilines is 2. The molecule has 0 bridgehead atoms. The molecule has 1 amide bonds. The van der Waals surface area contributed by atoms with Crippen molar-refractivity contribution >= 4 is 29.3 Å². The fourth-order valence-electron chi connectivity index (χ4n) is 3.45. The Morgan fingerprint density at radius 1 is 1.12 bits per heavy atom. The summed E-state index contributed by atoms with van der Waals surface area (Å²) >= 11 is 1.31. The van der Waals surface area contributed by atoms with Gasteiger partial charge < -0.3 is 19.7 Å². The van der Waals surface area contributed by atoms with E-state index in [1.165, 1.54) is 36.0 Å². The Kier molecular flexibility index (Phi) is 7.96. The van der Waals surface area contributed by atoms with E-state index < -0.39 is 11.9 Å². The SMILES string of the molecule is CC(Sc1nnc(N2CCOCC2)n1Cc1ccccc1)C(=O)Nc1ccc(OC(F)F)cc1. The van der Waals surface area contributed by atoms with Crippen LogP contribution in [0.25, 0.3) is 0 Å². The first-order valence-electron chi connectivity index (χ1n) is 10.8. The highest BCUT2D eigenvalue weighted by molar-refractivity contribution is 8.00. The zero-order chi connectivity index (χ0) is 23.9. The maximum atomic E-state index is 12.8. The minimum absolute atomic E-state index is 0.0279. The van der Waals surface area contributed by atoms with Gasteiger partial charge in [-0.25, -0.2) is 0 Å². The second-order valence-electron chi connectivity index (χ2n) is 7.61. The van der Waals surface area contributed by atoms with E-state index in [-0.39, 0.29) is 11.7 Å². The lowest BCUT2D eigenvalue weighted by Crippen LogP contribution is -2.38. The number of nitrogens with zero attached hydrogens (tertiary/aromatic N) is 4. The number of nitrogens with one attached hydrogen (secondary N) is 1. The van der Waals surface area contributed by atoms with E-state index in [4.69, 9.17) is 4.74 Å². The Labute approximate surface area is 200 Å². The van der Waals surface area contributed by atoms with Crippen LogP contribution < -0.4 is 15.0 Å². The van der Waals surface area contributed by atoms with Gasteiger partial charge in [0.25, 0.3) is 0 Å². The standard InChI is InChI=1S/C23H25F2N5O3S/c1-16(20(31)26-18-7-9-19(10-8-18)33-21(24)25)34-23-28-27-22(29-11-13-32-14-12-29)30(23)15-17-5-3-2-4-6-17/h2-10,16,21H,11-15H2,1H3,(H,26,31). The number of hydrogen-bond donors (Lipinski definition) is 1. The number of rotatable bonds is 9. The van der Waals surface area contributed by atoms with Crippen LogP contribution in [0.1, 0.15) is 12.5 Å².